The van der Waals surface area contributed by atoms with Gasteiger partial charge in [0.2, 0.25) is 0 Å². The van der Waals surface area contributed by atoms with Crippen molar-refractivity contribution in [3.8, 4) is 6.07 Å². The number of carboxylic acids is 1. The lowest BCUT2D eigenvalue weighted by molar-refractivity contribution is -0.146. The van der Waals surface area contributed by atoms with Gasteiger partial charge in [-0.2, -0.15) is 10.4 Å². The first kappa shape index (κ1) is 30.0. The van der Waals surface area contributed by atoms with Gasteiger partial charge in [0.15, 0.2) is 6.29 Å². The van der Waals surface area contributed by atoms with Crippen molar-refractivity contribution >= 4 is 23.8 Å². The van der Waals surface area contributed by atoms with Crippen LogP contribution in [0, 0.1) is 28.8 Å². The molecule has 1 aliphatic heterocycles. The molecular formula is C29H27F3N4O4S. The second kappa shape index (κ2) is 13.6. The fourth-order valence-corrected chi connectivity index (χ4v) is 6.09. The quantitative estimate of drug-likeness (QED) is 0.310. The first-order valence-electron chi connectivity index (χ1n) is 12.6. The molecule has 214 valence electrons. The summed E-state index contributed by atoms with van der Waals surface area (Å²) in [6.07, 6.45) is 8.15. The third kappa shape index (κ3) is 7.64. The fraction of sp³-hybridized carbons (Fsp3) is 0.310. The van der Waals surface area contributed by atoms with Gasteiger partial charge in [-0.1, -0.05) is 37.3 Å². The molecule has 2 aromatic carbocycles. The highest BCUT2D eigenvalue weighted by molar-refractivity contribution is 8.00. The van der Waals surface area contributed by atoms with Crippen molar-refractivity contribution in [2.45, 2.75) is 42.1 Å². The van der Waals surface area contributed by atoms with Crippen LogP contribution in [0.15, 0.2) is 67.3 Å². The molecule has 0 bridgehead atoms. The molecule has 1 N–H and O–H groups in total. The van der Waals surface area contributed by atoms with E-state index >= 15 is 4.39 Å². The van der Waals surface area contributed by atoms with E-state index in [1.165, 1.54) is 47.3 Å². The fourth-order valence-electron chi connectivity index (χ4n) is 4.65. The SMILES string of the molecule is C[C@@H](S[C@H]1CO[C@H](C=CC=Cc2ccc(C#N)cc2F)OC1)[C@@](CC(=O)O)(Cn1cncn1)c1ccc(F)cc1F. The summed E-state index contributed by atoms with van der Waals surface area (Å²) in [4.78, 5) is 16.0. The van der Waals surface area contributed by atoms with Gasteiger partial charge in [-0.25, -0.2) is 18.2 Å². The van der Waals surface area contributed by atoms with E-state index in [4.69, 9.17) is 14.7 Å². The van der Waals surface area contributed by atoms with Crippen molar-refractivity contribution in [1.82, 2.24) is 14.8 Å². The van der Waals surface area contributed by atoms with Gasteiger partial charge in [0.1, 0.15) is 30.1 Å². The number of allylic oxidation sites excluding steroid dienone is 2. The van der Waals surface area contributed by atoms with Crippen molar-refractivity contribution in [3.63, 3.8) is 0 Å². The Balaban J connectivity index is 1.44. The number of hydrogen-bond donors (Lipinski definition) is 1. The number of halogens is 3. The molecule has 1 fully saturated rings. The third-order valence-corrected chi connectivity index (χ3v) is 8.21. The Morgan fingerprint density at radius 3 is 2.63 bits per heavy atom. The Bertz CT molecular complexity index is 1450. The Morgan fingerprint density at radius 1 is 1.22 bits per heavy atom. The largest absolute Gasteiger partial charge is 0.481 e. The number of hydrogen-bond acceptors (Lipinski definition) is 7. The van der Waals surface area contributed by atoms with Crippen LogP contribution in [0.5, 0.6) is 0 Å². The molecule has 4 rings (SSSR count). The van der Waals surface area contributed by atoms with E-state index in [2.05, 4.69) is 10.1 Å². The summed E-state index contributed by atoms with van der Waals surface area (Å²) in [5.74, 6) is -3.25. The number of aromatic nitrogens is 3. The minimum atomic E-state index is -1.30. The summed E-state index contributed by atoms with van der Waals surface area (Å²) in [5, 5.41) is 22.1. The molecule has 1 aromatic heterocycles. The van der Waals surface area contributed by atoms with Crippen LogP contribution in [-0.2, 0) is 26.2 Å². The molecule has 0 spiro atoms. The number of ether oxygens (including phenoxy) is 2. The van der Waals surface area contributed by atoms with Gasteiger partial charge in [-0.3, -0.25) is 9.48 Å². The number of carboxylic acid groups (broad SMARTS) is 1. The van der Waals surface area contributed by atoms with E-state index in [-0.39, 0.29) is 36.1 Å². The van der Waals surface area contributed by atoms with Crippen LogP contribution in [0.25, 0.3) is 6.08 Å². The van der Waals surface area contributed by atoms with Crippen molar-refractivity contribution in [1.29, 1.82) is 5.26 Å². The molecule has 3 aromatic rings. The predicted octanol–water partition coefficient (Wildman–Crippen LogP) is 5.11. The number of benzene rings is 2. The molecule has 0 saturated carbocycles. The Kier molecular flexibility index (Phi) is 9.99. The molecule has 2 atom stereocenters. The maximum Gasteiger partial charge on any atom is 0.304 e. The lowest BCUT2D eigenvalue weighted by Gasteiger charge is -2.40. The lowest BCUT2D eigenvalue weighted by atomic mass is 9.74. The number of thioether (sulfide) groups is 1. The summed E-state index contributed by atoms with van der Waals surface area (Å²) >= 11 is 1.39. The molecular weight excluding hydrogens is 557 g/mol. The molecule has 0 aliphatic carbocycles. The van der Waals surface area contributed by atoms with Crippen LogP contribution in [0.1, 0.15) is 30.0 Å². The number of aliphatic carboxylic acids is 1. The number of nitrogens with zero attached hydrogens (tertiary/aromatic N) is 4. The highest BCUT2D eigenvalue weighted by Gasteiger charge is 2.44. The van der Waals surface area contributed by atoms with Crippen LogP contribution < -0.4 is 0 Å². The van der Waals surface area contributed by atoms with Crippen LogP contribution in [0.2, 0.25) is 0 Å². The van der Waals surface area contributed by atoms with E-state index in [9.17, 15) is 18.7 Å². The number of nitriles is 1. The first-order valence-corrected chi connectivity index (χ1v) is 13.6. The topological polar surface area (TPSA) is 110 Å². The Morgan fingerprint density at radius 2 is 2.00 bits per heavy atom. The summed E-state index contributed by atoms with van der Waals surface area (Å²) < 4.78 is 56.0. The molecule has 12 heteroatoms. The second-order valence-electron chi connectivity index (χ2n) is 9.47. The van der Waals surface area contributed by atoms with Crippen LogP contribution in [0.3, 0.4) is 0 Å². The van der Waals surface area contributed by atoms with E-state index < -0.39 is 46.8 Å². The highest BCUT2D eigenvalue weighted by Crippen LogP contribution is 2.43. The number of carbonyl (C=O) groups is 1. The smallest absolute Gasteiger partial charge is 0.304 e. The van der Waals surface area contributed by atoms with Crippen molar-refractivity contribution in [3.05, 3.63) is 101 Å². The van der Waals surface area contributed by atoms with Gasteiger partial charge in [0.25, 0.3) is 0 Å². The van der Waals surface area contributed by atoms with Gasteiger partial charge in [-0.15, -0.1) is 11.8 Å². The summed E-state index contributed by atoms with van der Waals surface area (Å²) in [7, 11) is 0. The zero-order valence-electron chi connectivity index (χ0n) is 22.0. The summed E-state index contributed by atoms with van der Waals surface area (Å²) in [5.41, 5.74) is -0.662. The van der Waals surface area contributed by atoms with Gasteiger partial charge in [0.05, 0.1) is 43.1 Å². The number of rotatable bonds is 11. The normalized spacial score (nSPS) is 19.7. The predicted molar refractivity (Wildman–Crippen MR) is 146 cm³/mol. The van der Waals surface area contributed by atoms with Crippen LogP contribution >= 0.6 is 11.8 Å². The van der Waals surface area contributed by atoms with Crippen molar-refractivity contribution in [2.24, 2.45) is 0 Å². The monoisotopic (exact) mass is 584 g/mol. The van der Waals surface area contributed by atoms with Crippen LogP contribution in [0.4, 0.5) is 13.2 Å². The maximum absolute atomic E-state index is 15.1. The molecule has 0 amide bonds. The van der Waals surface area contributed by atoms with E-state index in [1.54, 1.807) is 31.2 Å². The molecule has 8 nitrogen and oxygen atoms in total. The summed E-state index contributed by atoms with van der Waals surface area (Å²) in [6, 6.07) is 9.24. The minimum Gasteiger partial charge on any atom is -0.481 e. The lowest BCUT2D eigenvalue weighted by Crippen LogP contribution is -2.45. The molecule has 41 heavy (non-hydrogen) atoms. The zero-order valence-corrected chi connectivity index (χ0v) is 22.8. The minimum absolute atomic E-state index is 0.00197. The Hall–Kier alpha value is -3.92. The molecule has 0 unspecified atom stereocenters. The average Bonchev–Trinajstić information content (AvgIpc) is 3.45. The summed E-state index contributed by atoms with van der Waals surface area (Å²) in [6.45, 7) is 2.35. The van der Waals surface area contributed by atoms with E-state index in [0.29, 0.717) is 5.56 Å². The maximum atomic E-state index is 15.1. The molecule has 0 radical (unpaired) electrons. The molecule has 1 aliphatic rings. The molecule has 2 heterocycles. The highest BCUT2D eigenvalue weighted by atomic mass is 32.2. The second-order valence-corrected chi connectivity index (χ2v) is 11.1. The van der Waals surface area contributed by atoms with Crippen molar-refractivity contribution < 1.29 is 32.5 Å². The molecule has 1 saturated heterocycles. The van der Waals surface area contributed by atoms with Crippen molar-refractivity contribution in [2.75, 3.05) is 13.2 Å². The van der Waals surface area contributed by atoms with Gasteiger partial charge in [-0.05, 0) is 29.8 Å². The zero-order chi connectivity index (χ0) is 29.4. The van der Waals surface area contributed by atoms with E-state index in [1.807, 2.05) is 6.07 Å². The van der Waals surface area contributed by atoms with Crippen LogP contribution in [-0.4, -0.2) is 55.8 Å². The van der Waals surface area contributed by atoms with E-state index in [0.717, 1.165) is 18.2 Å². The van der Waals surface area contributed by atoms with Gasteiger partial charge in [0, 0.05) is 22.3 Å². The van der Waals surface area contributed by atoms with Gasteiger partial charge < -0.3 is 14.6 Å². The first-order chi connectivity index (χ1) is 19.7. The standard InChI is InChI=1S/C29H27F3N4O4S/c1-19(29(12-27(37)38,16-36-18-34-17-35-36)24-9-8-22(30)11-26(24)32)41-23-14-39-28(40-15-23)5-3-2-4-21-7-6-20(13-33)10-25(21)31/h2-11,17-19,23,28H,12,14-16H2,1H3,(H,37,38)/t19-,23-,28-,29-/m1/s1. The Labute approximate surface area is 239 Å². The average molecular weight is 585 g/mol. The van der Waals surface area contributed by atoms with Gasteiger partial charge >= 0.3 is 5.97 Å². The third-order valence-electron chi connectivity index (χ3n) is 6.70.